The summed E-state index contributed by atoms with van der Waals surface area (Å²) in [6.07, 6.45) is 1.05. The summed E-state index contributed by atoms with van der Waals surface area (Å²) in [6, 6.07) is 0.212. The molecule has 0 unspecified atom stereocenters. The van der Waals surface area contributed by atoms with Crippen molar-refractivity contribution >= 4 is 5.91 Å². The average molecular weight is 241 g/mol. The molecule has 1 amide bonds. The second-order valence-corrected chi connectivity index (χ2v) is 5.58. The third-order valence-electron chi connectivity index (χ3n) is 3.58. The van der Waals surface area contributed by atoms with E-state index in [1.54, 1.807) is 0 Å². The number of amides is 1. The average Bonchev–Trinajstić information content (AvgIpc) is 2.52. The molecular formula is C13H27N3O. The van der Waals surface area contributed by atoms with Gasteiger partial charge in [-0.2, -0.15) is 0 Å². The molecule has 1 rings (SSSR count). The molecule has 0 aromatic heterocycles. The zero-order valence-corrected chi connectivity index (χ0v) is 11.6. The van der Waals surface area contributed by atoms with Crippen molar-refractivity contribution in [3.8, 4) is 0 Å². The second-order valence-electron chi connectivity index (χ2n) is 5.58. The summed E-state index contributed by atoms with van der Waals surface area (Å²) in [5.41, 5.74) is 5.93. The zero-order valence-electron chi connectivity index (χ0n) is 11.6. The molecule has 0 spiro atoms. The zero-order chi connectivity index (χ0) is 13.0. The molecule has 0 radical (unpaired) electrons. The van der Waals surface area contributed by atoms with Gasteiger partial charge in [-0.3, -0.25) is 9.69 Å². The molecule has 2 N–H and O–H groups in total. The van der Waals surface area contributed by atoms with Crippen molar-refractivity contribution in [1.29, 1.82) is 0 Å². The van der Waals surface area contributed by atoms with Gasteiger partial charge < -0.3 is 10.6 Å². The van der Waals surface area contributed by atoms with Crippen molar-refractivity contribution in [2.75, 3.05) is 26.2 Å². The number of hydrogen-bond acceptors (Lipinski definition) is 3. The summed E-state index contributed by atoms with van der Waals surface area (Å²) in [4.78, 5) is 16.5. The standard InChI is InChI=1S/C13H27N3O/c1-10(2)12(14)13(17)16-7-5-6-15(8-9-16)11(3)4/h10-12H,5-9,14H2,1-4H3/t12-/m0/s1. The Bertz CT molecular complexity index is 253. The van der Waals surface area contributed by atoms with Gasteiger partial charge in [0.05, 0.1) is 6.04 Å². The molecule has 0 bridgehead atoms. The van der Waals surface area contributed by atoms with Gasteiger partial charge in [0.1, 0.15) is 0 Å². The van der Waals surface area contributed by atoms with Crippen molar-refractivity contribution < 1.29 is 4.79 Å². The van der Waals surface area contributed by atoms with Gasteiger partial charge in [-0.15, -0.1) is 0 Å². The Hall–Kier alpha value is -0.610. The summed E-state index contributed by atoms with van der Waals surface area (Å²) in [6.45, 7) is 12.1. The largest absolute Gasteiger partial charge is 0.340 e. The highest BCUT2D eigenvalue weighted by Gasteiger charge is 2.25. The van der Waals surface area contributed by atoms with E-state index < -0.39 is 0 Å². The summed E-state index contributed by atoms with van der Waals surface area (Å²) in [5, 5.41) is 0. The minimum atomic E-state index is -0.347. The summed E-state index contributed by atoms with van der Waals surface area (Å²) >= 11 is 0. The van der Waals surface area contributed by atoms with Crippen LogP contribution < -0.4 is 5.73 Å². The lowest BCUT2D eigenvalue weighted by molar-refractivity contribution is -0.133. The topological polar surface area (TPSA) is 49.6 Å². The molecule has 1 aliphatic heterocycles. The van der Waals surface area contributed by atoms with Crippen molar-refractivity contribution in [3.63, 3.8) is 0 Å². The van der Waals surface area contributed by atoms with Crippen molar-refractivity contribution in [2.24, 2.45) is 11.7 Å². The van der Waals surface area contributed by atoms with Gasteiger partial charge in [0, 0.05) is 32.2 Å². The van der Waals surface area contributed by atoms with Crippen LogP contribution in [-0.2, 0) is 4.79 Å². The van der Waals surface area contributed by atoms with Gasteiger partial charge in [0.15, 0.2) is 0 Å². The van der Waals surface area contributed by atoms with E-state index in [2.05, 4.69) is 18.7 Å². The molecule has 4 heteroatoms. The van der Waals surface area contributed by atoms with Crippen LogP contribution in [0.1, 0.15) is 34.1 Å². The third kappa shape index (κ3) is 3.96. The minimum absolute atomic E-state index is 0.116. The molecule has 1 fully saturated rings. The van der Waals surface area contributed by atoms with E-state index in [9.17, 15) is 4.79 Å². The molecule has 17 heavy (non-hydrogen) atoms. The molecule has 100 valence electrons. The number of carbonyl (C=O) groups is 1. The Kier molecular flexibility index (Phi) is 5.40. The fourth-order valence-corrected chi connectivity index (χ4v) is 2.17. The van der Waals surface area contributed by atoms with Crippen LogP contribution in [0.5, 0.6) is 0 Å². The fourth-order valence-electron chi connectivity index (χ4n) is 2.17. The van der Waals surface area contributed by atoms with E-state index in [1.807, 2.05) is 18.7 Å². The first kappa shape index (κ1) is 14.5. The highest BCUT2D eigenvalue weighted by Crippen LogP contribution is 2.10. The number of carbonyl (C=O) groups excluding carboxylic acids is 1. The van der Waals surface area contributed by atoms with Crippen molar-refractivity contribution in [2.45, 2.75) is 46.2 Å². The predicted octanol–water partition coefficient (Wildman–Crippen LogP) is 0.912. The molecule has 0 aromatic carbocycles. The second kappa shape index (κ2) is 6.36. The lowest BCUT2D eigenvalue weighted by Gasteiger charge is -2.27. The maximum Gasteiger partial charge on any atom is 0.239 e. The highest BCUT2D eigenvalue weighted by molar-refractivity contribution is 5.81. The van der Waals surface area contributed by atoms with Gasteiger partial charge in [0.2, 0.25) is 5.91 Å². The number of nitrogens with two attached hydrogens (primary N) is 1. The maximum atomic E-state index is 12.2. The Morgan fingerprint density at radius 1 is 1.06 bits per heavy atom. The van der Waals surface area contributed by atoms with Crippen LogP contribution in [0.2, 0.25) is 0 Å². The molecule has 0 aromatic rings. The van der Waals surface area contributed by atoms with Crippen LogP contribution in [0.25, 0.3) is 0 Å². The third-order valence-corrected chi connectivity index (χ3v) is 3.58. The lowest BCUT2D eigenvalue weighted by atomic mass is 10.0. The normalized spacial score (nSPS) is 20.8. The fraction of sp³-hybridized carbons (Fsp3) is 0.923. The van der Waals surface area contributed by atoms with E-state index in [1.165, 1.54) is 0 Å². The quantitative estimate of drug-likeness (QED) is 0.799. The first-order chi connectivity index (χ1) is 7.93. The molecule has 0 aliphatic carbocycles. The summed E-state index contributed by atoms with van der Waals surface area (Å²) in [5.74, 6) is 0.331. The first-order valence-corrected chi connectivity index (χ1v) is 6.72. The maximum absolute atomic E-state index is 12.2. The molecule has 1 aliphatic rings. The highest BCUT2D eigenvalue weighted by atomic mass is 16.2. The Labute approximate surface area is 105 Å². The Morgan fingerprint density at radius 3 is 2.24 bits per heavy atom. The molecule has 1 atom stereocenters. The van der Waals surface area contributed by atoms with Gasteiger partial charge in [-0.25, -0.2) is 0 Å². The minimum Gasteiger partial charge on any atom is -0.340 e. The van der Waals surface area contributed by atoms with E-state index in [-0.39, 0.29) is 17.9 Å². The smallest absolute Gasteiger partial charge is 0.239 e. The van der Waals surface area contributed by atoms with Gasteiger partial charge >= 0.3 is 0 Å². The molecular weight excluding hydrogens is 214 g/mol. The van der Waals surface area contributed by atoms with E-state index >= 15 is 0 Å². The van der Waals surface area contributed by atoms with Crippen LogP contribution in [0, 0.1) is 5.92 Å². The van der Waals surface area contributed by atoms with E-state index in [4.69, 9.17) is 5.73 Å². The van der Waals surface area contributed by atoms with Crippen LogP contribution in [0.3, 0.4) is 0 Å². The lowest BCUT2D eigenvalue weighted by Crippen LogP contribution is -2.47. The predicted molar refractivity (Wildman–Crippen MR) is 70.7 cm³/mol. The number of nitrogens with zero attached hydrogens (tertiary/aromatic N) is 2. The van der Waals surface area contributed by atoms with Gasteiger partial charge in [0.25, 0.3) is 0 Å². The molecule has 1 saturated heterocycles. The van der Waals surface area contributed by atoms with Crippen LogP contribution in [0.4, 0.5) is 0 Å². The molecule has 0 saturated carbocycles. The first-order valence-electron chi connectivity index (χ1n) is 6.72. The number of rotatable bonds is 3. The van der Waals surface area contributed by atoms with Crippen molar-refractivity contribution in [1.82, 2.24) is 9.80 Å². The van der Waals surface area contributed by atoms with Crippen LogP contribution in [-0.4, -0.2) is 54.0 Å². The summed E-state index contributed by atoms with van der Waals surface area (Å²) < 4.78 is 0. The SMILES string of the molecule is CC(C)[C@H](N)C(=O)N1CCCN(C(C)C)CC1. The molecule has 4 nitrogen and oxygen atoms in total. The van der Waals surface area contributed by atoms with Gasteiger partial charge in [-0.1, -0.05) is 13.8 Å². The van der Waals surface area contributed by atoms with Gasteiger partial charge in [-0.05, 0) is 26.2 Å². The Morgan fingerprint density at radius 2 is 1.71 bits per heavy atom. The Balaban J connectivity index is 2.54. The number of hydrogen-bond donors (Lipinski definition) is 1. The van der Waals surface area contributed by atoms with Crippen LogP contribution >= 0.6 is 0 Å². The molecule has 1 heterocycles. The monoisotopic (exact) mass is 241 g/mol. The van der Waals surface area contributed by atoms with Crippen LogP contribution in [0.15, 0.2) is 0 Å². The van der Waals surface area contributed by atoms with E-state index in [0.717, 1.165) is 32.6 Å². The van der Waals surface area contributed by atoms with E-state index in [0.29, 0.717) is 6.04 Å². The van der Waals surface area contributed by atoms with Crippen molar-refractivity contribution in [3.05, 3.63) is 0 Å². The summed E-state index contributed by atoms with van der Waals surface area (Å²) in [7, 11) is 0.